The zero-order chi connectivity index (χ0) is 21.3. The Kier molecular flexibility index (Phi) is 7.57. The van der Waals surface area contributed by atoms with Crippen molar-refractivity contribution in [2.45, 2.75) is 26.7 Å². The molecule has 3 rings (SSSR count). The minimum absolute atomic E-state index is 0.0854. The molecule has 0 fully saturated rings. The van der Waals surface area contributed by atoms with Crippen molar-refractivity contribution in [3.05, 3.63) is 71.2 Å². The lowest BCUT2D eigenvalue weighted by molar-refractivity contribution is -0.119. The van der Waals surface area contributed by atoms with Crippen LogP contribution in [0, 0.1) is 5.92 Å². The van der Waals surface area contributed by atoms with E-state index >= 15 is 0 Å². The van der Waals surface area contributed by atoms with E-state index in [0.717, 1.165) is 24.3 Å². The topological polar surface area (TPSA) is 83.1 Å². The Morgan fingerprint density at radius 2 is 1.67 bits per heavy atom. The van der Waals surface area contributed by atoms with Gasteiger partial charge in [-0.25, -0.2) is 4.98 Å². The van der Waals surface area contributed by atoms with Crippen LogP contribution in [0.1, 0.15) is 25.1 Å². The van der Waals surface area contributed by atoms with Gasteiger partial charge < -0.3 is 16.0 Å². The molecule has 0 aliphatic rings. The van der Waals surface area contributed by atoms with Crippen molar-refractivity contribution < 1.29 is 9.59 Å². The highest BCUT2D eigenvalue weighted by atomic mass is 32.1. The molecule has 30 heavy (non-hydrogen) atoms. The molecule has 0 aliphatic heterocycles. The van der Waals surface area contributed by atoms with Gasteiger partial charge in [0, 0.05) is 29.2 Å². The summed E-state index contributed by atoms with van der Waals surface area (Å²) in [5.74, 6) is -0.346. The second-order valence-corrected chi connectivity index (χ2v) is 8.11. The number of aromatic nitrogens is 1. The normalized spacial score (nSPS) is 10.6. The Bertz CT molecular complexity index is 968. The lowest BCUT2D eigenvalue weighted by atomic mass is 10.1. The third kappa shape index (κ3) is 6.70. The standard InChI is InChI=1S/C23H26N4O2S/c1-16(2)22(29)27-23-26-20(15-30-23)14-21(28)25-19-10-8-18(9-11-19)24-13-12-17-6-4-3-5-7-17/h3-11,15-16,24H,12-14H2,1-2H3,(H,25,28)(H,26,27,29). The maximum absolute atomic E-state index is 12.3. The number of hydrogen-bond donors (Lipinski definition) is 3. The van der Waals surface area contributed by atoms with Crippen LogP contribution in [0.5, 0.6) is 0 Å². The van der Waals surface area contributed by atoms with Crippen LogP contribution in [0.3, 0.4) is 0 Å². The zero-order valence-electron chi connectivity index (χ0n) is 17.1. The van der Waals surface area contributed by atoms with E-state index in [4.69, 9.17) is 0 Å². The molecule has 156 valence electrons. The van der Waals surface area contributed by atoms with Gasteiger partial charge in [0.1, 0.15) is 0 Å². The summed E-state index contributed by atoms with van der Waals surface area (Å²) in [7, 11) is 0. The van der Waals surface area contributed by atoms with Gasteiger partial charge in [-0.15, -0.1) is 11.3 Å². The Morgan fingerprint density at radius 3 is 2.37 bits per heavy atom. The smallest absolute Gasteiger partial charge is 0.230 e. The van der Waals surface area contributed by atoms with E-state index in [9.17, 15) is 9.59 Å². The van der Waals surface area contributed by atoms with Gasteiger partial charge in [-0.1, -0.05) is 44.2 Å². The SMILES string of the molecule is CC(C)C(=O)Nc1nc(CC(=O)Nc2ccc(NCCc3ccccc3)cc2)cs1. The molecule has 0 saturated carbocycles. The fourth-order valence-electron chi connectivity index (χ4n) is 2.73. The van der Waals surface area contributed by atoms with Gasteiger partial charge in [-0.05, 0) is 36.2 Å². The summed E-state index contributed by atoms with van der Waals surface area (Å²) >= 11 is 1.32. The van der Waals surface area contributed by atoms with E-state index in [1.807, 2.05) is 56.3 Å². The number of rotatable bonds is 9. The number of nitrogens with zero attached hydrogens (tertiary/aromatic N) is 1. The first-order valence-electron chi connectivity index (χ1n) is 9.92. The first-order valence-corrected chi connectivity index (χ1v) is 10.8. The van der Waals surface area contributed by atoms with Gasteiger partial charge in [0.25, 0.3) is 0 Å². The second kappa shape index (κ2) is 10.5. The fraction of sp³-hybridized carbons (Fsp3) is 0.261. The van der Waals surface area contributed by atoms with E-state index in [0.29, 0.717) is 10.8 Å². The summed E-state index contributed by atoms with van der Waals surface area (Å²) in [5.41, 5.74) is 3.67. The minimum Gasteiger partial charge on any atom is -0.385 e. The number of carbonyl (C=O) groups is 2. The summed E-state index contributed by atoms with van der Waals surface area (Å²) in [6, 6.07) is 18.0. The highest BCUT2D eigenvalue weighted by Gasteiger charge is 2.12. The Hall–Kier alpha value is -3.19. The van der Waals surface area contributed by atoms with Crippen LogP contribution in [-0.4, -0.2) is 23.3 Å². The third-order valence-corrected chi connectivity index (χ3v) is 5.21. The zero-order valence-corrected chi connectivity index (χ0v) is 18.0. The van der Waals surface area contributed by atoms with Crippen molar-refractivity contribution in [3.8, 4) is 0 Å². The Morgan fingerprint density at radius 1 is 0.967 bits per heavy atom. The van der Waals surface area contributed by atoms with Gasteiger partial charge in [0.2, 0.25) is 11.8 Å². The van der Waals surface area contributed by atoms with Gasteiger partial charge in [-0.3, -0.25) is 9.59 Å². The first-order chi connectivity index (χ1) is 14.5. The molecule has 2 aromatic carbocycles. The van der Waals surface area contributed by atoms with Crippen LogP contribution in [-0.2, 0) is 22.4 Å². The lowest BCUT2D eigenvalue weighted by Crippen LogP contribution is -2.18. The monoisotopic (exact) mass is 422 g/mol. The number of nitrogens with one attached hydrogen (secondary N) is 3. The van der Waals surface area contributed by atoms with Gasteiger partial charge in [-0.2, -0.15) is 0 Å². The lowest BCUT2D eigenvalue weighted by Gasteiger charge is -2.08. The number of amides is 2. The molecule has 3 aromatic rings. The Labute approximate surface area is 180 Å². The Balaban J connectivity index is 1.44. The summed E-state index contributed by atoms with van der Waals surface area (Å²) in [4.78, 5) is 28.3. The molecular formula is C23H26N4O2S. The quantitative estimate of drug-likeness (QED) is 0.472. The molecule has 0 unspecified atom stereocenters. The highest BCUT2D eigenvalue weighted by Crippen LogP contribution is 2.18. The van der Waals surface area contributed by atoms with Crippen LogP contribution in [0.2, 0.25) is 0 Å². The fourth-order valence-corrected chi connectivity index (χ4v) is 3.45. The van der Waals surface area contributed by atoms with Crippen LogP contribution < -0.4 is 16.0 Å². The molecule has 0 saturated heterocycles. The molecule has 7 heteroatoms. The van der Waals surface area contributed by atoms with Crippen LogP contribution >= 0.6 is 11.3 Å². The number of benzene rings is 2. The molecule has 0 atom stereocenters. The summed E-state index contributed by atoms with van der Waals surface area (Å²) < 4.78 is 0. The maximum atomic E-state index is 12.3. The number of hydrogen-bond acceptors (Lipinski definition) is 5. The predicted octanol–water partition coefficient (Wildman–Crippen LogP) is 4.57. The average Bonchev–Trinajstić information content (AvgIpc) is 3.16. The molecule has 3 N–H and O–H groups in total. The molecule has 6 nitrogen and oxygen atoms in total. The summed E-state index contributed by atoms with van der Waals surface area (Å²) in [6.07, 6.45) is 1.11. The largest absolute Gasteiger partial charge is 0.385 e. The molecule has 0 bridgehead atoms. The molecule has 0 radical (unpaired) electrons. The van der Waals surface area contributed by atoms with Gasteiger partial charge in [0.05, 0.1) is 12.1 Å². The van der Waals surface area contributed by atoms with Crippen molar-refractivity contribution in [1.82, 2.24) is 4.98 Å². The van der Waals surface area contributed by atoms with Gasteiger partial charge in [0.15, 0.2) is 5.13 Å². The molecule has 2 amide bonds. The first kappa shape index (κ1) is 21.5. The van der Waals surface area contributed by atoms with E-state index in [1.165, 1.54) is 16.9 Å². The average molecular weight is 423 g/mol. The summed E-state index contributed by atoms with van der Waals surface area (Å²) in [6.45, 7) is 4.48. The third-order valence-electron chi connectivity index (χ3n) is 4.40. The van der Waals surface area contributed by atoms with Crippen LogP contribution in [0.4, 0.5) is 16.5 Å². The van der Waals surface area contributed by atoms with E-state index in [2.05, 4.69) is 33.1 Å². The van der Waals surface area contributed by atoms with Crippen molar-refractivity contribution in [2.75, 3.05) is 22.5 Å². The van der Waals surface area contributed by atoms with E-state index in [-0.39, 0.29) is 24.2 Å². The molecule has 0 aliphatic carbocycles. The summed E-state index contributed by atoms with van der Waals surface area (Å²) in [5, 5.41) is 11.3. The minimum atomic E-state index is -0.146. The molecule has 1 aromatic heterocycles. The second-order valence-electron chi connectivity index (χ2n) is 7.25. The molecular weight excluding hydrogens is 396 g/mol. The maximum Gasteiger partial charge on any atom is 0.230 e. The van der Waals surface area contributed by atoms with Crippen molar-refractivity contribution >= 4 is 39.7 Å². The van der Waals surface area contributed by atoms with Gasteiger partial charge >= 0.3 is 0 Å². The van der Waals surface area contributed by atoms with E-state index < -0.39 is 0 Å². The molecule has 1 heterocycles. The van der Waals surface area contributed by atoms with E-state index in [1.54, 1.807) is 5.38 Å². The van der Waals surface area contributed by atoms with Crippen molar-refractivity contribution in [3.63, 3.8) is 0 Å². The number of carbonyl (C=O) groups excluding carboxylic acids is 2. The molecule has 0 spiro atoms. The number of anilines is 3. The highest BCUT2D eigenvalue weighted by molar-refractivity contribution is 7.13. The van der Waals surface area contributed by atoms with Crippen molar-refractivity contribution in [2.24, 2.45) is 5.92 Å². The van der Waals surface area contributed by atoms with Crippen molar-refractivity contribution in [1.29, 1.82) is 0 Å². The predicted molar refractivity (Wildman–Crippen MR) is 123 cm³/mol. The van der Waals surface area contributed by atoms with Crippen LogP contribution in [0.25, 0.3) is 0 Å². The number of thiazole rings is 1. The van der Waals surface area contributed by atoms with Crippen LogP contribution in [0.15, 0.2) is 60.0 Å².